The summed E-state index contributed by atoms with van der Waals surface area (Å²) in [5.41, 5.74) is 5.58. The normalized spacial score (nSPS) is 11.8. The summed E-state index contributed by atoms with van der Waals surface area (Å²) >= 11 is 0. The van der Waals surface area contributed by atoms with Crippen molar-refractivity contribution in [2.24, 2.45) is 5.73 Å². The number of carbonyl (C=O) groups excluding carboxylic acids is 1. The van der Waals surface area contributed by atoms with E-state index in [4.69, 9.17) is 10.8 Å². The SMILES string of the molecule is CCCCCN(CCCCC)C(=O)[C@@H](N)CO.Cl. The topological polar surface area (TPSA) is 66.6 Å². The molecular formula is C13H29ClN2O2. The van der Waals surface area contributed by atoms with Gasteiger partial charge in [0.05, 0.1) is 6.61 Å². The third kappa shape index (κ3) is 8.72. The zero-order valence-corrected chi connectivity index (χ0v) is 12.5. The van der Waals surface area contributed by atoms with Crippen molar-refractivity contribution in [1.29, 1.82) is 0 Å². The van der Waals surface area contributed by atoms with Crippen LogP contribution < -0.4 is 5.73 Å². The number of aliphatic hydroxyl groups excluding tert-OH is 1. The van der Waals surface area contributed by atoms with Gasteiger partial charge in [0.25, 0.3) is 0 Å². The lowest BCUT2D eigenvalue weighted by Gasteiger charge is -2.25. The largest absolute Gasteiger partial charge is 0.394 e. The number of aliphatic hydroxyl groups is 1. The van der Waals surface area contributed by atoms with Crippen LogP contribution in [0.1, 0.15) is 52.4 Å². The Morgan fingerprint density at radius 2 is 1.56 bits per heavy atom. The molecule has 0 aliphatic rings. The van der Waals surface area contributed by atoms with Crippen LogP contribution in [0.4, 0.5) is 0 Å². The van der Waals surface area contributed by atoms with E-state index in [-0.39, 0.29) is 24.9 Å². The highest BCUT2D eigenvalue weighted by Gasteiger charge is 2.19. The molecule has 0 radical (unpaired) electrons. The van der Waals surface area contributed by atoms with Crippen LogP contribution in [0.2, 0.25) is 0 Å². The van der Waals surface area contributed by atoms with E-state index in [0.29, 0.717) is 0 Å². The summed E-state index contributed by atoms with van der Waals surface area (Å²) in [5.74, 6) is -0.111. The minimum absolute atomic E-state index is 0. The molecule has 0 rings (SSSR count). The Morgan fingerprint density at radius 1 is 1.11 bits per heavy atom. The smallest absolute Gasteiger partial charge is 0.241 e. The van der Waals surface area contributed by atoms with Crippen molar-refractivity contribution in [3.63, 3.8) is 0 Å². The summed E-state index contributed by atoms with van der Waals surface area (Å²) < 4.78 is 0. The van der Waals surface area contributed by atoms with Gasteiger partial charge in [-0.05, 0) is 12.8 Å². The Morgan fingerprint density at radius 3 is 1.89 bits per heavy atom. The summed E-state index contributed by atoms with van der Waals surface area (Å²) in [6.07, 6.45) is 6.59. The average Bonchev–Trinajstić information content (AvgIpc) is 2.35. The second-order valence-electron chi connectivity index (χ2n) is 4.53. The van der Waals surface area contributed by atoms with Crippen molar-refractivity contribution in [1.82, 2.24) is 4.90 Å². The molecule has 1 amide bonds. The van der Waals surface area contributed by atoms with Gasteiger partial charge in [-0.3, -0.25) is 4.79 Å². The fourth-order valence-corrected chi connectivity index (χ4v) is 1.75. The van der Waals surface area contributed by atoms with Gasteiger partial charge in [-0.15, -0.1) is 12.4 Å². The minimum Gasteiger partial charge on any atom is -0.394 e. The Kier molecular flexibility index (Phi) is 14.6. The minimum atomic E-state index is -0.752. The molecule has 18 heavy (non-hydrogen) atoms. The van der Waals surface area contributed by atoms with Crippen molar-refractivity contribution >= 4 is 18.3 Å². The molecule has 0 spiro atoms. The lowest BCUT2D eigenvalue weighted by molar-refractivity contribution is -0.133. The Labute approximate surface area is 117 Å². The van der Waals surface area contributed by atoms with Gasteiger partial charge < -0.3 is 15.7 Å². The van der Waals surface area contributed by atoms with E-state index >= 15 is 0 Å². The Balaban J connectivity index is 0. The van der Waals surface area contributed by atoms with E-state index in [1.54, 1.807) is 0 Å². The highest BCUT2D eigenvalue weighted by molar-refractivity contribution is 5.85. The van der Waals surface area contributed by atoms with E-state index in [0.717, 1.165) is 51.6 Å². The molecular weight excluding hydrogens is 252 g/mol. The molecule has 3 N–H and O–H groups in total. The van der Waals surface area contributed by atoms with Gasteiger partial charge in [-0.25, -0.2) is 0 Å². The van der Waals surface area contributed by atoms with Crippen molar-refractivity contribution in [2.75, 3.05) is 19.7 Å². The molecule has 0 aromatic heterocycles. The van der Waals surface area contributed by atoms with Crippen molar-refractivity contribution in [2.45, 2.75) is 58.4 Å². The van der Waals surface area contributed by atoms with Crippen LogP contribution in [0.15, 0.2) is 0 Å². The second-order valence-corrected chi connectivity index (χ2v) is 4.53. The average molecular weight is 281 g/mol. The molecule has 0 saturated heterocycles. The maximum Gasteiger partial charge on any atom is 0.241 e. The molecule has 0 bridgehead atoms. The van der Waals surface area contributed by atoms with Gasteiger partial charge >= 0.3 is 0 Å². The first kappa shape index (κ1) is 20.0. The molecule has 0 unspecified atom stereocenters. The number of halogens is 1. The quantitative estimate of drug-likeness (QED) is 0.601. The fraction of sp³-hybridized carbons (Fsp3) is 0.923. The molecule has 0 saturated carbocycles. The number of unbranched alkanes of at least 4 members (excludes halogenated alkanes) is 4. The Bertz CT molecular complexity index is 193. The van der Waals surface area contributed by atoms with Gasteiger partial charge in [0.2, 0.25) is 5.91 Å². The lowest BCUT2D eigenvalue weighted by Crippen LogP contribution is -2.46. The van der Waals surface area contributed by atoms with Gasteiger partial charge in [-0.1, -0.05) is 39.5 Å². The van der Waals surface area contributed by atoms with Crippen LogP contribution in [0.25, 0.3) is 0 Å². The summed E-state index contributed by atoms with van der Waals surface area (Å²) in [6.45, 7) is 5.55. The van der Waals surface area contributed by atoms with Crippen LogP contribution in [0, 0.1) is 0 Å². The van der Waals surface area contributed by atoms with Gasteiger partial charge in [-0.2, -0.15) is 0 Å². The molecule has 110 valence electrons. The van der Waals surface area contributed by atoms with Gasteiger partial charge in [0.15, 0.2) is 0 Å². The van der Waals surface area contributed by atoms with Crippen LogP contribution in [0.5, 0.6) is 0 Å². The van der Waals surface area contributed by atoms with E-state index in [1.807, 2.05) is 4.90 Å². The van der Waals surface area contributed by atoms with Crippen LogP contribution in [0.3, 0.4) is 0 Å². The van der Waals surface area contributed by atoms with Crippen molar-refractivity contribution < 1.29 is 9.90 Å². The number of hydrogen-bond donors (Lipinski definition) is 2. The van der Waals surface area contributed by atoms with E-state index in [1.165, 1.54) is 0 Å². The molecule has 0 fully saturated rings. The number of nitrogens with two attached hydrogens (primary N) is 1. The highest BCUT2D eigenvalue weighted by Crippen LogP contribution is 2.04. The number of carbonyl (C=O) groups is 1. The number of hydrogen-bond acceptors (Lipinski definition) is 3. The summed E-state index contributed by atoms with van der Waals surface area (Å²) in [7, 11) is 0. The maximum absolute atomic E-state index is 11.9. The van der Waals surface area contributed by atoms with Crippen molar-refractivity contribution in [3.05, 3.63) is 0 Å². The van der Waals surface area contributed by atoms with Crippen LogP contribution >= 0.6 is 12.4 Å². The molecule has 4 nitrogen and oxygen atoms in total. The van der Waals surface area contributed by atoms with E-state index in [9.17, 15) is 4.79 Å². The van der Waals surface area contributed by atoms with E-state index < -0.39 is 6.04 Å². The third-order valence-electron chi connectivity index (χ3n) is 2.89. The highest BCUT2D eigenvalue weighted by atomic mass is 35.5. The van der Waals surface area contributed by atoms with Crippen molar-refractivity contribution in [3.8, 4) is 0 Å². The summed E-state index contributed by atoms with van der Waals surface area (Å²) in [6, 6.07) is -0.752. The third-order valence-corrected chi connectivity index (χ3v) is 2.89. The number of rotatable bonds is 10. The number of amides is 1. The summed E-state index contributed by atoms with van der Waals surface area (Å²) in [5, 5.41) is 8.92. The molecule has 0 heterocycles. The molecule has 0 aliphatic heterocycles. The predicted octanol–water partition coefficient (Wildman–Crippen LogP) is 1.94. The zero-order valence-electron chi connectivity index (χ0n) is 11.7. The fourth-order valence-electron chi connectivity index (χ4n) is 1.75. The molecule has 5 heteroatoms. The lowest BCUT2D eigenvalue weighted by atomic mass is 10.2. The first-order chi connectivity index (χ1) is 8.17. The van der Waals surface area contributed by atoms with E-state index in [2.05, 4.69) is 13.8 Å². The van der Waals surface area contributed by atoms with Gasteiger partial charge in [0.1, 0.15) is 6.04 Å². The number of nitrogens with zero attached hydrogens (tertiary/aromatic N) is 1. The standard InChI is InChI=1S/C13H28N2O2.ClH/c1-3-5-7-9-15(10-8-6-4-2)13(17)12(14)11-16;/h12,16H,3-11,14H2,1-2H3;1H/t12-;/m0./s1. The molecule has 0 aliphatic carbocycles. The summed E-state index contributed by atoms with van der Waals surface area (Å²) in [4.78, 5) is 13.7. The molecule has 0 aromatic carbocycles. The second kappa shape index (κ2) is 13.1. The van der Waals surface area contributed by atoms with Crippen LogP contribution in [-0.4, -0.2) is 41.7 Å². The first-order valence-electron chi connectivity index (χ1n) is 6.82. The maximum atomic E-state index is 11.9. The first-order valence-corrected chi connectivity index (χ1v) is 6.82. The zero-order chi connectivity index (χ0) is 13.1. The predicted molar refractivity (Wildman–Crippen MR) is 77.9 cm³/mol. The Hall–Kier alpha value is -0.320. The van der Waals surface area contributed by atoms with Gasteiger partial charge in [0, 0.05) is 13.1 Å². The van der Waals surface area contributed by atoms with Crippen LogP contribution in [-0.2, 0) is 4.79 Å². The monoisotopic (exact) mass is 280 g/mol. The molecule has 1 atom stereocenters. The molecule has 0 aromatic rings.